The number of rotatable bonds is 5. The number of amides is 2. The van der Waals surface area contributed by atoms with Crippen LogP contribution in [0.1, 0.15) is 17.3 Å². The van der Waals surface area contributed by atoms with Gasteiger partial charge in [-0.2, -0.15) is 0 Å². The van der Waals surface area contributed by atoms with Crippen LogP contribution >= 0.6 is 11.6 Å². The minimum Gasteiger partial charge on any atom is -0.403 e. The standard InChI is InChI=1S/C18H15ClN4O3/c1-11(19)15(24)20-14-9-5-8-13(10-14)16(25)21-18-23-22-17(26-18)12-6-3-2-4-7-12/h2-11H,1H3,(H,20,24)(H,21,23,25)/t11-/m1/s1. The van der Waals surface area contributed by atoms with Crippen molar-refractivity contribution in [2.45, 2.75) is 12.3 Å². The molecule has 3 rings (SSSR count). The molecular weight excluding hydrogens is 356 g/mol. The lowest BCUT2D eigenvalue weighted by atomic mass is 10.2. The molecule has 0 unspecified atom stereocenters. The molecule has 0 fully saturated rings. The van der Waals surface area contributed by atoms with Gasteiger partial charge in [-0.15, -0.1) is 16.7 Å². The Morgan fingerprint density at radius 2 is 1.81 bits per heavy atom. The van der Waals surface area contributed by atoms with E-state index in [0.29, 0.717) is 17.1 Å². The number of hydrogen-bond acceptors (Lipinski definition) is 5. The number of carbonyl (C=O) groups excluding carboxylic acids is 2. The molecule has 1 heterocycles. The van der Waals surface area contributed by atoms with E-state index < -0.39 is 11.3 Å². The van der Waals surface area contributed by atoms with Gasteiger partial charge in [0.25, 0.3) is 5.91 Å². The fourth-order valence-corrected chi connectivity index (χ4v) is 2.17. The molecule has 2 N–H and O–H groups in total. The van der Waals surface area contributed by atoms with Crippen molar-refractivity contribution >= 4 is 35.1 Å². The average molecular weight is 371 g/mol. The van der Waals surface area contributed by atoms with Crippen LogP contribution in [0, 0.1) is 0 Å². The second-order valence-corrected chi connectivity index (χ2v) is 6.07. The van der Waals surface area contributed by atoms with E-state index in [9.17, 15) is 9.59 Å². The van der Waals surface area contributed by atoms with Gasteiger partial charge < -0.3 is 9.73 Å². The molecule has 0 bridgehead atoms. The van der Waals surface area contributed by atoms with Crippen molar-refractivity contribution in [2.75, 3.05) is 10.6 Å². The summed E-state index contributed by atoms with van der Waals surface area (Å²) in [7, 11) is 0. The number of anilines is 2. The Morgan fingerprint density at radius 3 is 2.54 bits per heavy atom. The molecule has 0 radical (unpaired) electrons. The maximum Gasteiger partial charge on any atom is 0.322 e. The number of alkyl halides is 1. The first-order valence-corrected chi connectivity index (χ1v) is 8.22. The van der Waals surface area contributed by atoms with Crippen LogP contribution in [0.4, 0.5) is 11.7 Å². The maximum absolute atomic E-state index is 12.4. The van der Waals surface area contributed by atoms with E-state index in [4.69, 9.17) is 16.0 Å². The first-order valence-electron chi connectivity index (χ1n) is 7.78. The largest absolute Gasteiger partial charge is 0.403 e. The van der Waals surface area contributed by atoms with Crippen LogP contribution in [0.2, 0.25) is 0 Å². The second kappa shape index (κ2) is 7.79. The van der Waals surface area contributed by atoms with Crippen LogP contribution in [0.25, 0.3) is 11.5 Å². The summed E-state index contributed by atoms with van der Waals surface area (Å²) in [6.07, 6.45) is 0. The molecule has 0 aliphatic heterocycles. The molecule has 7 nitrogen and oxygen atoms in total. The third-order valence-corrected chi connectivity index (χ3v) is 3.62. The summed E-state index contributed by atoms with van der Waals surface area (Å²) in [6, 6.07) is 15.6. The summed E-state index contributed by atoms with van der Waals surface area (Å²) in [5, 5.41) is 12.2. The zero-order valence-electron chi connectivity index (χ0n) is 13.8. The molecule has 1 atom stereocenters. The Hall–Kier alpha value is -3.19. The third kappa shape index (κ3) is 4.25. The maximum atomic E-state index is 12.4. The zero-order valence-corrected chi connectivity index (χ0v) is 14.5. The fourth-order valence-electron chi connectivity index (χ4n) is 2.12. The van der Waals surface area contributed by atoms with Gasteiger partial charge in [-0.25, -0.2) is 0 Å². The average Bonchev–Trinajstić information content (AvgIpc) is 3.11. The van der Waals surface area contributed by atoms with E-state index in [1.807, 2.05) is 30.3 Å². The summed E-state index contributed by atoms with van der Waals surface area (Å²) < 4.78 is 5.45. The SMILES string of the molecule is C[C@@H](Cl)C(=O)Nc1cccc(C(=O)Nc2nnc(-c3ccccc3)o2)c1. The van der Waals surface area contributed by atoms with Gasteiger partial charge in [0, 0.05) is 16.8 Å². The van der Waals surface area contributed by atoms with Gasteiger partial charge in [-0.3, -0.25) is 14.9 Å². The highest BCUT2D eigenvalue weighted by molar-refractivity contribution is 6.32. The first-order chi connectivity index (χ1) is 12.5. The minimum absolute atomic E-state index is 0.0160. The predicted octanol–water partition coefficient (Wildman–Crippen LogP) is 3.55. The van der Waals surface area contributed by atoms with Crippen LogP contribution < -0.4 is 10.6 Å². The Bertz CT molecular complexity index is 925. The van der Waals surface area contributed by atoms with Crippen molar-refractivity contribution in [3.63, 3.8) is 0 Å². The molecule has 8 heteroatoms. The Kier molecular flexibility index (Phi) is 5.28. The molecule has 26 heavy (non-hydrogen) atoms. The molecule has 2 amide bonds. The van der Waals surface area contributed by atoms with E-state index >= 15 is 0 Å². The second-order valence-electron chi connectivity index (χ2n) is 5.42. The van der Waals surface area contributed by atoms with E-state index in [2.05, 4.69) is 20.8 Å². The summed E-state index contributed by atoms with van der Waals surface area (Å²) in [4.78, 5) is 24.0. The lowest BCUT2D eigenvalue weighted by Crippen LogP contribution is -2.20. The summed E-state index contributed by atoms with van der Waals surface area (Å²) in [6.45, 7) is 1.56. The van der Waals surface area contributed by atoms with Crippen LogP contribution in [-0.2, 0) is 4.79 Å². The zero-order chi connectivity index (χ0) is 18.5. The van der Waals surface area contributed by atoms with Gasteiger partial charge in [0.2, 0.25) is 11.8 Å². The highest BCUT2D eigenvalue weighted by atomic mass is 35.5. The molecule has 0 spiro atoms. The number of benzene rings is 2. The van der Waals surface area contributed by atoms with Crippen molar-refractivity contribution < 1.29 is 14.0 Å². The quantitative estimate of drug-likeness (QED) is 0.669. The molecule has 3 aromatic rings. The Labute approximate surface area is 154 Å². The summed E-state index contributed by atoms with van der Waals surface area (Å²) in [5.74, 6) is -0.491. The Morgan fingerprint density at radius 1 is 1.04 bits per heavy atom. The number of aromatic nitrogens is 2. The van der Waals surface area contributed by atoms with Gasteiger partial charge in [0.05, 0.1) is 0 Å². The molecule has 1 aromatic heterocycles. The first kappa shape index (κ1) is 17.6. The van der Waals surface area contributed by atoms with E-state index in [1.54, 1.807) is 25.1 Å². The van der Waals surface area contributed by atoms with E-state index in [0.717, 1.165) is 5.56 Å². The van der Waals surface area contributed by atoms with E-state index in [-0.39, 0.29) is 11.9 Å². The smallest absolute Gasteiger partial charge is 0.322 e. The lowest BCUT2D eigenvalue weighted by molar-refractivity contribution is -0.115. The molecular formula is C18H15ClN4O3. The van der Waals surface area contributed by atoms with Crippen LogP contribution in [0.15, 0.2) is 59.0 Å². The molecule has 132 valence electrons. The highest BCUT2D eigenvalue weighted by Gasteiger charge is 2.14. The van der Waals surface area contributed by atoms with Crippen molar-refractivity contribution in [1.29, 1.82) is 0 Å². The molecule has 0 saturated heterocycles. The van der Waals surface area contributed by atoms with Gasteiger partial charge in [-0.1, -0.05) is 29.4 Å². The highest BCUT2D eigenvalue weighted by Crippen LogP contribution is 2.20. The topological polar surface area (TPSA) is 97.1 Å². The number of nitrogens with zero attached hydrogens (tertiary/aromatic N) is 2. The van der Waals surface area contributed by atoms with Crippen molar-refractivity contribution in [2.24, 2.45) is 0 Å². The van der Waals surface area contributed by atoms with Crippen molar-refractivity contribution in [3.8, 4) is 11.5 Å². The number of carbonyl (C=O) groups is 2. The number of halogens is 1. The van der Waals surface area contributed by atoms with Crippen LogP contribution in [0.3, 0.4) is 0 Å². The molecule has 0 aliphatic carbocycles. The van der Waals surface area contributed by atoms with Gasteiger partial charge in [0.1, 0.15) is 5.38 Å². The molecule has 2 aromatic carbocycles. The molecule has 0 saturated carbocycles. The monoisotopic (exact) mass is 370 g/mol. The van der Waals surface area contributed by atoms with Gasteiger partial charge >= 0.3 is 6.01 Å². The Balaban J connectivity index is 1.71. The predicted molar refractivity (Wildman–Crippen MR) is 98.1 cm³/mol. The fraction of sp³-hybridized carbons (Fsp3) is 0.111. The molecule has 0 aliphatic rings. The minimum atomic E-state index is -0.678. The summed E-state index contributed by atoms with van der Waals surface area (Å²) in [5.41, 5.74) is 1.54. The van der Waals surface area contributed by atoms with Crippen molar-refractivity contribution in [3.05, 3.63) is 60.2 Å². The van der Waals surface area contributed by atoms with E-state index in [1.165, 1.54) is 6.07 Å². The van der Waals surface area contributed by atoms with Gasteiger partial charge in [0.15, 0.2) is 0 Å². The van der Waals surface area contributed by atoms with Crippen molar-refractivity contribution in [1.82, 2.24) is 10.2 Å². The normalized spacial score (nSPS) is 11.6. The third-order valence-electron chi connectivity index (χ3n) is 3.42. The number of nitrogens with one attached hydrogen (secondary N) is 2. The lowest BCUT2D eigenvalue weighted by Gasteiger charge is -2.08. The van der Waals surface area contributed by atoms with Crippen LogP contribution in [0.5, 0.6) is 0 Å². The summed E-state index contributed by atoms with van der Waals surface area (Å²) >= 11 is 5.72. The number of hydrogen-bond donors (Lipinski definition) is 2. The van der Waals surface area contributed by atoms with Gasteiger partial charge in [-0.05, 0) is 37.3 Å². The van der Waals surface area contributed by atoms with Crippen LogP contribution in [-0.4, -0.2) is 27.4 Å².